The predicted octanol–water partition coefficient (Wildman–Crippen LogP) is 1.51. The molecule has 1 rings (SSSR count). The molecular formula is C12H8F3N3O2. The quantitative estimate of drug-likeness (QED) is 0.631. The molecule has 0 aliphatic rings. The van der Waals surface area contributed by atoms with Crippen molar-refractivity contribution in [2.24, 2.45) is 0 Å². The van der Waals surface area contributed by atoms with Crippen molar-refractivity contribution in [1.82, 2.24) is 0 Å². The minimum atomic E-state index is -5.24. The van der Waals surface area contributed by atoms with Crippen molar-refractivity contribution < 1.29 is 23.1 Å². The Hall–Kier alpha value is -2.58. The third kappa shape index (κ3) is 2.29. The van der Waals surface area contributed by atoms with E-state index in [9.17, 15) is 23.1 Å². The molecule has 1 aromatic carbocycles. The van der Waals surface area contributed by atoms with Gasteiger partial charge in [-0.1, -0.05) is 0 Å². The minimum absolute atomic E-state index is 0.259. The van der Waals surface area contributed by atoms with Crippen molar-refractivity contribution in [1.29, 1.82) is 10.5 Å². The fourth-order valence-corrected chi connectivity index (χ4v) is 1.44. The molecule has 1 atom stereocenters. The van der Waals surface area contributed by atoms with Gasteiger partial charge in [-0.3, -0.25) is 4.79 Å². The summed E-state index contributed by atoms with van der Waals surface area (Å²) in [6, 6.07) is 5.16. The molecule has 0 saturated heterocycles. The Morgan fingerprint density at radius 1 is 1.30 bits per heavy atom. The molecule has 0 aliphatic heterocycles. The maximum Gasteiger partial charge on any atom is 0.424 e. The van der Waals surface area contributed by atoms with Crippen molar-refractivity contribution in [2.45, 2.75) is 18.7 Å². The molecule has 0 heterocycles. The summed E-state index contributed by atoms with van der Waals surface area (Å²) in [4.78, 5) is 11.9. The summed E-state index contributed by atoms with van der Waals surface area (Å²) in [5.74, 6) is -1.78. The molecule has 8 heteroatoms. The number of alkyl halides is 3. The van der Waals surface area contributed by atoms with Crippen molar-refractivity contribution in [3.05, 3.63) is 28.8 Å². The van der Waals surface area contributed by atoms with E-state index in [0.717, 1.165) is 12.1 Å². The number of nitrogens with two attached hydrogens (primary N) is 1. The van der Waals surface area contributed by atoms with Crippen LogP contribution in [0.1, 0.15) is 28.4 Å². The second kappa shape index (κ2) is 4.83. The lowest BCUT2D eigenvalue weighted by Gasteiger charge is -2.25. The van der Waals surface area contributed by atoms with E-state index in [1.807, 2.05) is 0 Å². The Morgan fingerprint density at radius 2 is 1.85 bits per heavy atom. The lowest BCUT2D eigenvalue weighted by Crippen LogP contribution is -2.49. The number of anilines is 1. The van der Waals surface area contributed by atoms with Crippen LogP contribution < -0.4 is 5.73 Å². The van der Waals surface area contributed by atoms with E-state index in [-0.39, 0.29) is 12.5 Å². The normalized spacial score (nSPS) is 13.9. The molecule has 5 nitrogen and oxygen atoms in total. The van der Waals surface area contributed by atoms with Gasteiger partial charge in [0.2, 0.25) is 11.4 Å². The molecule has 0 amide bonds. The topological polar surface area (TPSA) is 111 Å². The number of hydrogen-bond donors (Lipinski definition) is 2. The van der Waals surface area contributed by atoms with E-state index in [1.54, 1.807) is 6.07 Å². The van der Waals surface area contributed by atoms with Crippen LogP contribution in [0, 0.1) is 22.7 Å². The average Bonchev–Trinajstić information content (AvgIpc) is 2.35. The van der Waals surface area contributed by atoms with E-state index in [4.69, 9.17) is 16.3 Å². The smallest absolute Gasteiger partial charge is 0.398 e. The van der Waals surface area contributed by atoms with Crippen molar-refractivity contribution >= 4 is 11.5 Å². The van der Waals surface area contributed by atoms with Crippen molar-refractivity contribution in [3.63, 3.8) is 0 Å². The highest BCUT2D eigenvalue weighted by atomic mass is 19.4. The second-order valence-electron chi connectivity index (χ2n) is 4.08. The van der Waals surface area contributed by atoms with Gasteiger partial charge in [0.25, 0.3) is 0 Å². The lowest BCUT2D eigenvalue weighted by atomic mass is 9.88. The van der Waals surface area contributed by atoms with Gasteiger partial charge < -0.3 is 10.8 Å². The number of aliphatic hydroxyl groups is 1. The summed E-state index contributed by atoms with van der Waals surface area (Å²) in [5, 5.41) is 27.0. The summed E-state index contributed by atoms with van der Waals surface area (Å²) in [6.45, 7) is 0.259. The van der Waals surface area contributed by atoms with Crippen LogP contribution in [-0.4, -0.2) is 22.7 Å². The van der Waals surface area contributed by atoms with E-state index in [0.29, 0.717) is 0 Å². The van der Waals surface area contributed by atoms with Gasteiger partial charge in [-0.05, 0) is 19.1 Å². The Labute approximate surface area is 111 Å². The number of carbonyl (C=O) groups excluding carboxylic acids is 1. The van der Waals surface area contributed by atoms with Gasteiger partial charge in [0.15, 0.2) is 0 Å². The molecule has 104 valence electrons. The largest absolute Gasteiger partial charge is 0.424 e. The average molecular weight is 283 g/mol. The van der Waals surface area contributed by atoms with Crippen LogP contribution in [-0.2, 0) is 0 Å². The number of nitrogen functional groups attached to an aromatic ring is 1. The van der Waals surface area contributed by atoms with Crippen molar-refractivity contribution in [3.8, 4) is 12.1 Å². The molecule has 0 saturated carbocycles. The fourth-order valence-electron chi connectivity index (χ4n) is 1.44. The SMILES string of the molecule is CC(O)(C(=O)c1c(N)ccc(C#N)c1C#N)C(F)(F)F. The molecule has 20 heavy (non-hydrogen) atoms. The molecular weight excluding hydrogens is 275 g/mol. The number of nitriles is 2. The molecule has 1 aromatic rings. The molecule has 0 bridgehead atoms. The van der Waals surface area contributed by atoms with Crippen molar-refractivity contribution in [2.75, 3.05) is 5.73 Å². The molecule has 0 spiro atoms. The van der Waals surface area contributed by atoms with Crippen LogP contribution in [0.3, 0.4) is 0 Å². The maximum absolute atomic E-state index is 12.7. The third-order valence-electron chi connectivity index (χ3n) is 2.69. The number of ketones is 1. The Balaban J connectivity index is 3.62. The summed E-state index contributed by atoms with van der Waals surface area (Å²) in [6.07, 6.45) is -5.24. The minimum Gasteiger partial charge on any atom is -0.398 e. The highest BCUT2D eigenvalue weighted by Gasteiger charge is 2.56. The van der Waals surface area contributed by atoms with Crippen LogP contribution in [0.15, 0.2) is 12.1 Å². The van der Waals surface area contributed by atoms with Gasteiger partial charge in [0.1, 0.15) is 12.1 Å². The molecule has 0 aromatic heterocycles. The Bertz CT molecular complexity index is 652. The first-order valence-electron chi connectivity index (χ1n) is 5.14. The van der Waals surface area contributed by atoms with Gasteiger partial charge >= 0.3 is 6.18 Å². The number of nitrogens with zero attached hydrogens (tertiary/aromatic N) is 2. The van der Waals surface area contributed by atoms with Gasteiger partial charge in [-0.2, -0.15) is 23.7 Å². The zero-order valence-electron chi connectivity index (χ0n) is 10.1. The molecule has 0 aliphatic carbocycles. The first-order valence-corrected chi connectivity index (χ1v) is 5.14. The fraction of sp³-hybridized carbons (Fsp3) is 0.250. The first kappa shape index (κ1) is 15.5. The third-order valence-corrected chi connectivity index (χ3v) is 2.69. The molecule has 1 unspecified atom stereocenters. The number of rotatable bonds is 2. The van der Waals surface area contributed by atoms with E-state index >= 15 is 0 Å². The Morgan fingerprint density at radius 3 is 2.25 bits per heavy atom. The standard InChI is InChI=1S/C12H8F3N3O2/c1-11(20,12(13,14)15)10(19)9-7(5-17)6(4-16)2-3-8(9)18/h2-3,20H,18H2,1H3. The molecule has 0 radical (unpaired) electrons. The van der Waals surface area contributed by atoms with Gasteiger partial charge in [0.05, 0.1) is 16.7 Å². The van der Waals surface area contributed by atoms with Crippen LogP contribution >= 0.6 is 0 Å². The summed E-state index contributed by atoms with van der Waals surface area (Å²) >= 11 is 0. The summed E-state index contributed by atoms with van der Waals surface area (Å²) in [7, 11) is 0. The first-order chi connectivity index (χ1) is 9.07. The van der Waals surface area contributed by atoms with E-state index in [1.165, 1.54) is 6.07 Å². The Kier molecular flexibility index (Phi) is 3.74. The number of hydrogen-bond acceptors (Lipinski definition) is 5. The van der Waals surface area contributed by atoms with Gasteiger partial charge in [0, 0.05) is 5.69 Å². The van der Waals surface area contributed by atoms with Gasteiger partial charge in [-0.15, -0.1) is 0 Å². The second-order valence-corrected chi connectivity index (χ2v) is 4.08. The number of halogens is 3. The lowest BCUT2D eigenvalue weighted by molar-refractivity contribution is -0.229. The highest BCUT2D eigenvalue weighted by molar-refractivity contribution is 6.08. The summed E-state index contributed by atoms with van der Waals surface area (Å²) < 4.78 is 38.0. The van der Waals surface area contributed by atoms with Crippen LogP contribution in [0.5, 0.6) is 0 Å². The zero-order chi connectivity index (χ0) is 15.7. The molecule has 0 fully saturated rings. The van der Waals surface area contributed by atoms with E-state index in [2.05, 4.69) is 0 Å². The number of Topliss-reactive ketones (excluding diaryl/α,β-unsaturated/α-hetero) is 1. The monoisotopic (exact) mass is 283 g/mol. The highest BCUT2D eigenvalue weighted by Crippen LogP contribution is 2.35. The van der Waals surface area contributed by atoms with E-state index < -0.39 is 34.4 Å². The zero-order valence-corrected chi connectivity index (χ0v) is 10.1. The maximum atomic E-state index is 12.7. The summed E-state index contributed by atoms with van der Waals surface area (Å²) in [5.41, 5.74) is -0.436. The number of benzene rings is 1. The van der Waals surface area contributed by atoms with Crippen LogP contribution in [0.25, 0.3) is 0 Å². The van der Waals surface area contributed by atoms with Crippen LogP contribution in [0.4, 0.5) is 18.9 Å². The van der Waals surface area contributed by atoms with Gasteiger partial charge in [-0.25, -0.2) is 0 Å². The number of carbonyl (C=O) groups is 1. The van der Waals surface area contributed by atoms with Crippen LogP contribution in [0.2, 0.25) is 0 Å². The molecule has 3 N–H and O–H groups in total. The predicted molar refractivity (Wildman–Crippen MR) is 61.3 cm³/mol.